The summed E-state index contributed by atoms with van der Waals surface area (Å²) < 4.78 is 48.0. The van der Waals surface area contributed by atoms with Crippen molar-refractivity contribution in [3.8, 4) is 5.69 Å². The SMILES string of the molecule is Cc1cc(C2C(c3ccccn3)NC(=S)N2c2ccc(N3CCOCC3)cc2)c(C)n1-c1cccc(C(F)(F)F)c1. The molecule has 6 rings (SSSR count). The number of hydrogen-bond donors (Lipinski definition) is 1. The molecule has 4 heterocycles. The Kier molecular flexibility index (Phi) is 7.21. The maximum atomic E-state index is 13.5. The number of alkyl halides is 3. The number of ether oxygens (including phenoxy) is 1. The van der Waals surface area contributed by atoms with Crippen LogP contribution < -0.4 is 15.1 Å². The number of benzene rings is 2. The third-order valence-electron chi connectivity index (χ3n) is 7.82. The van der Waals surface area contributed by atoms with Gasteiger partial charge in [-0.2, -0.15) is 13.2 Å². The fraction of sp³-hybridized carbons (Fsp3) is 0.290. The predicted octanol–water partition coefficient (Wildman–Crippen LogP) is 6.52. The highest BCUT2D eigenvalue weighted by Crippen LogP contribution is 2.44. The number of aryl methyl sites for hydroxylation is 1. The molecule has 6 nitrogen and oxygen atoms in total. The first-order chi connectivity index (χ1) is 19.7. The van der Waals surface area contributed by atoms with Crippen LogP contribution >= 0.6 is 12.2 Å². The summed E-state index contributed by atoms with van der Waals surface area (Å²) in [4.78, 5) is 9.02. The Balaban J connectivity index is 1.43. The molecule has 2 aromatic heterocycles. The molecule has 4 aromatic rings. The van der Waals surface area contributed by atoms with Crippen molar-refractivity contribution in [2.75, 3.05) is 36.1 Å². The molecule has 0 saturated carbocycles. The van der Waals surface area contributed by atoms with Gasteiger partial charge in [0.2, 0.25) is 0 Å². The van der Waals surface area contributed by atoms with Gasteiger partial charge in [0, 0.05) is 47.7 Å². The second-order valence-electron chi connectivity index (χ2n) is 10.3. The first-order valence-corrected chi connectivity index (χ1v) is 13.9. The standard InChI is InChI=1S/C31H30F3N5OS/c1-20-18-26(21(2)38(20)25-7-5-6-22(19-25)31(32,33)34)29-28(27-8-3-4-13-35-27)36-30(41)39(29)24-11-9-23(10-12-24)37-14-16-40-17-15-37/h3-13,18-19,28-29H,14-17H2,1-2H3,(H,36,41). The lowest BCUT2D eigenvalue weighted by atomic mass is 9.96. The van der Waals surface area contributed by atoms with Gasteiger partial charge in [-0.1, -0.05) is 12.1 Å². The van der Waals surface area contributed by atoms with Gasteiger partial charge in [-0.05, 0) is 92.3 Å². The number of morpholine rings is 1. The molecule has 10 heteroatoms. The van der Waals surface area contributed by atoms with E-state index in [-0.39, 0.29) is 12.1 Å². The molecule has 2 aromatic carbocycles. The van der Waals surface area contributed by atoms with Crippen LogP contribution in [0.1, 0.15) is 40.3 Å². The fourth-order valence-electron chi connectivity index (χ4n) is 5.90. The maximum absolute atomic E-state index is 13.5. The van der Waals surface area contributed by atoms with E-state index in [4.69, 9.17) is 17.0 Å². The first-order valence-electron chi connectivity index (χ1n) is 13.5. The van der Waals surface area contributed by atoms with Crippen molar-refractivity contribution in [1.29, 1.82) is 0 Å². The Bertz CT molecular complexity index is 1550. The van der Waals surface area contributed by atoms with Crippen molar-refractivity contribution in [2.45, 2.75) is 32.1 Å². The average molecular weight is 578 g/mol. The van der Waals surface area contributed by atoms with Crippen LogP contribution in [0.25, 0.3) is 5.69 Å². The molecule has 41 heavy (non-hydrogen) atoms. The Labute approximate surface area is 242 Å². The lowest BCUT2D eigenvalue weighted by Crippen LogP contribution is -2.36. The van der Waals surface area contributed by atoms with E-state index in [9.17, 15) is 13.2 Å². The average Bonchev–Trinajstić information content (AvgIpc) is 3.48. The van der Waals surface area contributed by atoms with Gasteiger partial charge in [-0.15, -0.1) is 0 Å². The van der Waals surface area contributed by atoms with Crippen LogP contribution in [0.5, 0.6) is 0 Å². The normalized spacial score (nSPS) is 19.5. The molecule has 0 bridgehead atoms. The number of aromatic nitrogens is 2. The monoisotopic (exact) mass is 577 g/mol. The van der Waals surface area contributed by atoms with E-state index in [2.05, 4.69) is 44.4 Å². The minimum absolute atomic E-state index is 0.266. The number of thiocarbonyl (C=S) groups is 1. The number of hydrogen-bond acceptors (Lipinski definition) is 4. The van der Waals surface area contributed by atoms with Gasteiger partial charge in [0.15, 0.2) is 5.11 Å². The number of nitrogens with one attached hydrogen (secondary N) is 1. The van der Waals surface area contributed by atoms with Crippen LogP contribution in [-0.4, -0.2) is 41.0 Å². The van der Waals surface area contributed by atoms with E-state index in [0.717, 1.165) is 53.2 Å². The molecule has 0 amide bonds. The topological polar surface area (TPSA) is 45.6 Å². The molecule has 2 saturated heterocycles. The molecule has 2 aliphatic rings. The third-order valence-corrected chi connectivity index (χ3v) is 8.14. The van der Waals surface area contributed by atoms with Gasteiger partial charge < -0.3 is 24.4 Å². The minimum Gasteiger partial charge on any atom is -0.378 e. The number of halogens is 3. The number of nitrogens with zero attached hydrogens (tertiary/aromatic N) is 4. The molecule has 0 aliphatic carbocycles. The Morgan fingerprint density at radius 3 is 2.32 bits per heavy atom. The summed E-state index contributed by atoms with van der Waals surface area (Å²) in [6, 6.07) is 21.0. The molecular weight excluding hydrogens is 547 g/mol. The van der Waals surface area contributed by atoms with Gasteiger partial charge in [0.25, 0.3) is 0 Å². The summed E-state index contributed by atoms with van der Waals surface area (Å²) in [5.74, 6) is 0. The van der Waals surface area contributed by atoms with E-state index in [1.165, 1.54) is 12.1 Å². The number of pyridine rings is 1. The summed E-state index contributed by atoms with van der Waals surface area (Å²) in [7, 11) is 0. The smallest absolute Gasteiger partial charge is 0.378 e. The highest BCUT2D eigenvalue weighted by molar-refractivity contribution is 7.80. The van der Waals surface area contributed by atoms with E-state index in [1.807, 2.05) is 42.7 Å². The zero-order chi connectivity index (χ0) is 28.7. The summed E-state index contributed by atoms with van der Waals surface area (Å²) in [5, 5.41) is 4.04. The van der Waals surface area contributed by atoms with Crippen molar-refractivity contribution in [1.82, 2.24) is 14.9 Å². The Morgan fingerprint density at radius 1 is 0.902 bits per heavy atom. The van der Waals surface area contributed by atoms with Crippen LogP contribution in [0.3, 0.4) is 0 Å². The van der Waals surface area contributed by atoms with E-state index < -0.39 is 11.7 Å². The summed E-state index contributed by atoms with van der Waals surface area (Å²) in [5.41, 5.74) is 5.29. The summed E-state index contributed by atoms with van der Waals surface area (Å²) in [6.45, 7) is 6.95. The second kappa shape index (κ2) is 10.8. The van der Waals surface area contributed by atoms with Gasteiger partial charge >= 0.3 is 6.18 Å². The summed E-state index contributed by atoms with van der Waals surface area (Å²) >= 11 is 5.90. The molecular formula is C31H30F3N5OS. The largest absolute Gasteiger partial charge is 0.416 e. The Morgan fingerprint density at radius 2 is 1.63 bits per heavy atom. The third kappa shape index (κ3) is 5.17. The zero-order valence-electron chi connectivity index (χ0n) is 22.7. The minimum atomic E-state index is -4.43. The number of rotatable bonds is 5. The van der Waals surface area contributed by atoms with Crippen LogP contribution in [0, 0.1) is 13.8 Å². The van der Waals surface area contributed by atoms with Crippen molar-refractivity contribution in [3.63, 3.8) is 0 Å². The zero-order valence-corrected chi connectivity index (χ0v) is 23.5. The molecule has 0 radical (unpaired) electrons. The van der Waals surface area contributed by atoms with E-state index >= 15 is 0 Å². The van der Waals surface area contributed by atoms with E-state index in [1.54, 1.807) is 12.3 Å². The maximum Gasteiger partial charge on any atom is 0.416 e. The molecule has 2 aliphatic heterocycles. The van der Waals surface area contributed by atoms with Crippen molar-refractivity contribution >= 4 is 28.7 Å². The highest BCUT2D eigenvalue weighted by Gasteiger charge is 2.42. The second-order valence-corrected chi connectivity index (χ2v) is 10.7. The van der Waals surface area contributed by atoms with Gasteiger partial charge in [0.1, 0.15) is 0 Å². The van der Waals surface area contributed by atoms with Crippen LogP contribution in [-0.2, 0) is 10.9 Å². The van der Waals surface area contributed by atoms with Crippen LogP contribution in [0.15, 0.2) is 79.0 Å². The van der Waals surface area contributed by atoms with Crippen LogP contribution in [0.2, 0.25) is 0 Å². The van der Waals surface area contributed by atoms with Crippen molar-refractivity contribution in [3.05, 3.63) is 107 Å². The highest BCUT2D eigenvalue weighted by atomic mass is 32.1. The molecule has 0 spiro atoms. The van der Waals surface area contributed by atoms with Gasteiger partial charge in [-0.25, -0.2) is 0 Å². The van der Waals surface area contributed by atoms with Crippen molar-refractivity contribution < 1.29 is 17.9 Å². The van der Waals surface area contributed by atoms with Crippen molar-refractivity contribution in [2.24, 2.45) is 0 Å². The quantitative estimate of drug-likeness (QED) is 0.273. The summed E-state index contributed by atoms with van der Waals surface area (Å²) in [6.07, 6.45) is -2.67. The van der Waals surface area contributed by atoms with Gasteiger partial charge in [0.05, 0.1) is 36.6 Å². The van der Waals surface area contributed by atoms with Gasteiger partial charge in [-0.3, -0.25) is 4.98 Å². The first kappa shape index (κ1) is 27.3. The van der Waals surface area contributed by atoms with Crippen LogP contribution in [0.4, 0.5) is 24.5 Å². The number of anilines is 2. The predicted molar refractivity (Wildman–Crippen MR) is 158 cm³/mol. The Hall–Kier alpha value is -3.89. The molecule has 1 N–H and O–H groups in total. The van der Waals surface area contributed by atoms with E-state index in [0.29, 0.717) is 24.0 Å². The lowest BCUT2D eigenvalue weighted by Gasteiger charge is -2.31. The lowest BCUT2D eigenvalue weighted by molar-refractivity contribution is -0.137. The molecule has 2 atom stereocenters. The molecule has 212 valence electrons. The fourth-order valence-corrected chi connectivity index (χ4v) is 6.25. The molecule has 2 fully saturated rings. The molecule has 2 unspecified atom stereocenters.